The SMILES string of the molecule is CCCN1CN(Cc2ccc(Cl)cc2)CC(N=O)=C1N. The van der Waals surface area contributed by atoms with Gasteiger partial charge < -0.3 is 10.6 Å². The van der Waals surface area contributed by atoms with Gasteiger partial charge in [-0.25, -0.2) is 0 Å². The molecule has 0 atom stereocenters. The Morgan fingerprint density at radius 2 is 2.05 bits per heavy atom. The monoisotopic (exact) mass is 294 g/mol. The summed E-state index contributed by atoms with van der Waals surface area (Å²) in [5.74, 6) is 0.509. The normalized spacial score (nSPS) is 16.6. The molecule has 1 aromatic carbocycles. The van der Waals surface area contributed by atoms with Crippen LogP contribution < -0.4 is 5.73 Å². The Labute approximate surface area is 124 Å². The van der Waals surface area contributed by atoms with E-state index >= 15 is 0 Å². The van der Waals surface area contributed by atoms with Crippen molar-refractivity contribution in [1.29, 1.82) is 0 Å². The topological polar surface area (TPSA) is 61.9 Å². The molecule has 5 nitrogen and oxygen atoms in total. The highest BCUT2D eigenvalue weighted by Gasteiger charge is 2.23. The van der Waals surface area contributed by atoms with E-state index in [-0.39, 0.29) is 0 Å². The van der Waals surface area contributed by atoms with Crippen molar-refractivity contribution in [2.45, 2.75) is 19.9 Å². The summed E-state index contributed by atoms with van der Waals surface area (Å²) < 4.78 is 0. The third kappa shape index (κ3) is 3.49. The number of rotatable bonds is 5. The van der Waals surface area contributed by atoms with Crippen LogP contribution in [0.3, 0.4) is 0 Å². The second kappa shape index (κ2) is 6.72. The molecular weight excluding hydrogens is 276 g/mol. The van der Waals surface area contributed by atoms with E-state index in [0.717, 1.165) is 30.1 Å². The van der Waals surface area contributed by atoms with E-state index in [9.17, 15) is 4.91 Å². The van der Waals surface area contributed by atoms with Gasteiger partial charge in [0.2, 0.25) is 0 Å². The van der Waals surface area contributed by atoms with E-state index < -0.39 is 0 Å². The molecule has 0 spiro atoms. The molecular formula is C14H19ClN4O. The first kappa shape index (κ1) is 14.8. The molecule has 0 aromatic heterocycles. The van der Waals surface area contributed by atoms with Gasteiger partial charge >= 0.3 is 0 Å². The average Bonchev–Trinajstić information content (AvgIpc) is 2.45. The summed E-state index contributed by atoms with van der Waals surface area (Å²) >= 11 is 5.88. The molecule has 0 saturated heterocycles. The predicted molar refractivity (Wildman–Crippen MR) is 80.7 cm³/mol. The van der Waals surface area contributed by atoms with Crippen molar-refractivity contribution < 1.29 is 0 Å². The van der Waals surface area contributed by atoms with Crippen molar-refractivity contribution >= 4 is 11.6 Å². The van der Waals surface area contributed by atoms with Gasteiger partial charge in [0.1, 0.15) is 11.5 Å². The molecule has 0 amide bonds. The fourth-order valence-electron chi connectivity index (χ4n) is 2.33. The van der Waals surface area contributed by atoms with Gasteiger partial charge in [0.05, 0.1) is 6.67 Å². The van der Waals surface area contributed by atoms with E-state index in [4.69, 9.17) is 17.3 Å². The molecule has 1 aromatic rings. The fourth-order valence-corrected chi connectivity index (χ4v) is 2.46. The largest absolute Gasteiger partial charge is 0.384 e. The molecule has 1 aliphatic heterocycles. The number of benzene rings is 1. The Morgan fingerprint density at radius 1 is 1.35 bits per heavy atom. The number of hydrogen-bond acceptors (Lipinski definition) is 5. The third-order valence-electron chi connectivity index (χ3n) is 3.30. The van der Waals surface area contributed by atoms with Crippen LogP contribution in [-0.2, 0) is 6.54 Å². The summed E-state index contributed by atoms with van der Waals surface area (Å²) in [7, 11) is 0. The van der Waals surface area contributed by atoms with Crippen molar-refractivity contribution in [1.82, 2.24) is 9.80 Å². The minimum atomic E-state index is 0.415. The van der Waals surface area contributed by atoms with Crippen LogP contribution in [0.4, 0.5) is 0 Å². The molecule has 0 fully saturated rings. The second-order valence-corrected chi connectivity index (χ2v) is 5.38. The van der Waals surface area contributed by atoms with Crippen molar-refractivity contribution in [3.63, 3.8) is 0 Å². The molecule has 1 aliphatic rings. The predicted octanol–water partition coefficient (Wildman–Crippen LogP) is 2.72. The molecule has 0 bridgehead atoms. The molecule has 0 saturated carbocycles. The maximum Gasteiger partial charge on any atom is 0.139 e. The lowest BCUT2D eigenvalue weighted by molar-refractivity contribution is 0.139. The highest BCUT2D eigenvalue weighted by molar-refractivity contribution is 6.30. The second-order valence-electron chi connectivity index (χ2n) is 4.94. The molecule has 0 aliphatic carbocycles. The van der Waals surface area contributed by atoms with Crippen LogP contribution in [0.2, 0.25) is 5.02 Å². The summed E-state index contributed by atoms with van der Waals surface area (Å²) in [5, 5.41) is 3.79. The molecule has 0 unspecified atom stereocenters. The lowest BCUT2D eigenvalue weighted by Crippen LogP contribution is -2.45. The smallest absolute Gasteiger partial charge is 0.139 e. The van der Waals surface area contributed by atoms with E-state index in [1.165, 1.54) is 0 Å². The van der Waals surface area contributed by atoms with Gasteiger partial charge in [0.15, 0.2) is 0 Å². The quantitative estimate of drug-likeness (QED) is 0.848. The standard InChI is InChI=1S/C14H19ClN4O/c1-2-7-19-10-18(9-13(17-20)14(19)16)8-11-3-5-12(15)6-4-11/h3-6H,2,7-10,16H2,1H3. The Balaban J connectivity index is 2.10. The van der Waals surface area contributed by atoms with Crippen LogP contribution in [-0.4, -0.2) is 29.6 Å². The van der Waals surface area contributed by atoms with Crippen molar-refractivity contribution in [3.8, 4) is 0 Å². The van der Waals surface area contributed by atoms with Gasteiger partial charge in [-0.05, 0) is 29.3 Å². The summed E-state index contributed by atoms with van der Waals surface area (Å²) in [6, 6.07) is 7.71. The van der Waals surface area contributed by atoms with Crippen LogP contribution in [0.25, 0.3) is 0 Å². The minimum absolute atomic E-state index is 0.415. The Hall–Kier alpha value is -1.59. The Morgan fingerprint density at radius 3 is 2.65 bits per heavy atom. The van der Waals surface area contributed by atoms with E-state index in [2.05, 4.69) is 17.0 Å². The van der Waals surface area contributed by atoms with Crippen LogP contribution in [0.1, 0.15) is 18.9 Å². The number of halogens is 1. The molecule has 1 heterocycles. The van der Waals surface area contributed by atoms with Gasteiger partial charge in [0.25, 0.3) is 0 Å². The van der Waals surface area contributed by atoms with Gasteiger partial charge in [-0.2, -0.15) is 0 Å². The van der Waals surface area contributed by atoms with Crippen molar-refractivity contribution in [3.05, 3.63) is 51.3 Å². The maximum atomic E-state index is 10.9. The lowest BCUT2D eigenvalue weighted by Gasteiger charge is -2.36. The minimum Gasteiger partial charge on any atom is -0.384 e. The molecule has 20 heavy (non-hydrogen) atoms. The van der Waals surface area contributed by atoms with Gasteiger partial charge in [0, 0.05) is 24.7 Å². The fraction of sp³-hybridized carbons (Fsp3) is 0.429. The van der Waals surface area contributed by atoms with Crippen LogP contribution in [0.15, 0.2) is 41.0 Å². The zero-order valence-corrected chi connectivity index (χ0v) is 12.3. The van der Waals surface area contributed by atoms with Crippen LogP contribution in [0.5, 0.6) is 0 Å². The summed E-state index contributed by atoms with van der Waals surface area (Å²) in [6.07, 6.45) is 0.974. The lowest BCUT2D eigenvalue weighted by atomic mass is 10.2. The first-order chi connectivity index (χ1) is 9.63. The number of nitroso groups, excluding NO2 is 1. The van der Waals surface area contributed by atoms with Gasteiger partial charge in [-0.3, -0.25) is 4.90 Å². The first-order valence-corrected chi connectivity index (χ1v) is 7.05. The summed E-state index contributed by atoms with van der Waals surface area (Å²) in [6.45, 7) is 4.84. The average molecular weight is 295 g/mol. The molecule has 0 radical (unpaired) electrons. The first-order valence-electron chi connectivity index (χ1n) is 6.67. The number of hydrogen-bond donors (Lipinski definition) is 1. The Kier molecular flexibility index (Phi) is 4.98. The van der Waals surface area contributed by atoms with Gasteiger partial charge in [-0.1, -0.05) is 30.7 Å². The third-order valence-corrected chi connectivity index (χ3v) is 3.56. The molecule has 2 rings (SSSR count). The van der Waals surface area contributed by atoms with Crippen LogP contribution >= 0.6 is 11.6 Å². The zero-order chi connectivity index (χ0) is 14.5. The molecule has 108 valence electrons. The van der Waals surface area contributed by atoms with E-state index in [1.54, 1.807) is 0 Å². The highest BCUT2D eigenvalue weighted by atomic mass is 35.5. The van der Waals surface area contributed by atoms with E-state index in [0.29, 0.717) is 24.7 Å². The number of nitrogens with two attached hydrogens (primary N) is 1. The molecule has 2 N–H and O–H groups in total. The molecule has 6 heteroatoms. The maximum absolute atomic E-state index is 10.9. The highest BCUT2D eigenvalue weighted by Crippen LogP contribution is 2.19. The zero-order valence-electron chi connectivity index (χ0n) is 11.6. The van der Waals surface area contributed by atoms with Crippen LogP contribution in [0, 0.1) is 4.91 Å². The summed E-state index contributed by atoms with van der Waals surface area (Å²) in [4.78, 5) is 15.0. The Bertz CT molecular complexity index is 500. The summed E-state index contributed by atoms with van der Waals surface area (Å²) in [5.41, 5.74) is 7.53. The van der Waals surface area contributed by atoms with E-state index in [1.807, 2.05) is 29.2 Å². The van der Waals surface area contributed by atoms with Crippen molar-refractivity contribution in [2.24, 2.45) is 10.9 Å². The number of nitrogens with zero attached hydrogens (tertiary/aromatic N) is 3. The van der Waals surface area contributed by atoms with Gasteiger partial charge in [-0.15, -0.1) is 4.91 Å². The van der Waals surface area contributed by atoms with Crippen molar-refractivity contribution in [2.75, 3.05) is 19.8 Å².